The molecule has 1 aromatic carbocycles. The van der Waals surface area contributed by atoms with Gasteiger partial charge < -0.3 is 11.1 Å². The van der Waals surface area contributed by atoms with Crippen molar-refractivity contribution in [2.45, 2.75) is 24.6 Å². The van der Waals surface area contributed by atoms with Gasteiger partial charge in [0.15, 0.2) is 0 Å². The van der Waals surface area contributed by atoms with Crippen LogP contribution in [-0.4, -0.2) is 16.7 Å². The lowest BCUT2D eigenvalue weighted by atomic mass is 10.1. The van der Waals surface area contributed by atoms with Crippen molar-refractivity contribution in [3.05, 3.63) is 28.8 Å². The minimum atomic E-state index is -4.28. The van der Waals surface area contributed by atoms with E-state index in [-0.39, 0.29) is 28.5 Å². The predicted octanol–water partition coefficient (Wildman–Crippen LogP) is 3.48. The number of benzene rings is 1. The number of alkyl halides is 3. The minimum Gasteiger partial charge on any atom is -0.389 e. The Kier molecular flexibility index (Phi) is 3.19. The van der Waals surface area contributed by atoms with E-state index in [1.54, 1.807) is 6.07 Å². The van der Waals surface area contributed by atoms with E-state index in [1.165, 1.54) is 12.1 Å². The molecule has 2 rings (SSSR count). The van der Waals surface area contributed by atoms with Gasteiger partial charge in [-0.2, -0.15) is 13.2 Å². The minimum absolute atomic E-state index is 0.0594. The van der Waals surface area contributed by atoms with Crippen LogP contribution in [0.1, 0.15) is 18.4 Å². The second kappa shape index (κ2) is 4.28. The molecule has 1 fully saturated rings. The van der Waals surface area contributed by atoms with Crippen molar-refractivity contribution in [1.29, 1.82) is 0 Å². The zero-order valence-corrected chi connectivity index (χ0v) is 10.7. The molecule has 0 heterocycles. The molecule has 1 aliphatic carbocycles. The van der Waals surface area contributed by atoms with Crippen molar-refractivity contribution in [2.24, 2.45) is 5.73 Å². The highest BCUT2D eigenvalue weighted by Gasteiger charge is 2.63. The van der Waals surface area contributed by atoms with Gasteiger partial charge in [0.1, 0.15) is 10.5 Å². The molecule has 0 unspecified atom stereocenters. The number of thiocarbonyl (C=S) groups is 1. The second-order valence-electron chi connectivity index (χ2n) is 4.26. The molecule has 0 atom stereocenters. The maximum absolute atomic E-state index is 12.8. The number of anilines is 1. The van der Waals surface area contributed by atoms with Crippen molar-refractivity contribution in [3.8, 4) is 0 Å². The zero-order valence-electron chi connectivity index (χ0n) is 9.14. The Balaban J connectivity index is 2.24. The summed E-state index contributed by atoms with van der Waals surface area (Å²) in [7, 11) is 0. The standard InChI is InChI=1S/C11H10ClF3N2S/c12-7-5-6(9(16)18)1-2-8(7)17-10(3-4-10)11(13,14)15/h1-2,5,17H,3-4H2,(H2,16,18). The molecule has 0 aromatic heterocycles. The van der Waals surface area contributed by atoms with E-state index in [2.05, 4.69) is 5.32 Å². The summed E-state index contributed by atoms with van der Waals surface area (Å²) in [5.41, 5.74) is 4.35. The Labute approximate surface area is 112 Å². The van der Waals surface area contributed by atoms with Gasteiger partial charge in [0.25, 0.3) is 0 Å². The molecule has 0 amide bonds. The van der Waals surface area contributed by atoms with E-state index in [4.69, 9.17) is 29.6 Å². The van der Waals surface area contributed by atoms with Gasteiger partial charge in [-0.05, 0) is 31.0 Å². The first kappa shape index (κ1) is 13.4. The maximum Gasteiger partial charge on any atom is 0.411 e. The molecular formula is C11H10ClF3N2S. The van der Waals surface area contributed by atoms with Crippen LogP contribution in [-0.2, 0) is 0 Å². The molecule has 98 valence electrons. The van der Waals surface area contributed by atoms with Crippen LogP contribution in [0.5, 0.6) is 0 Å². The fourth-order valence-corrected chi connectivity index (χ4v) is 1.99. The Morgan fingerprint density at radius 1 is 1.39 bits per heavy atom. The fourth-order valence-electron chi connectivity index (χ4n) is 1.63. The van der Waals surface area contributed by atoms with E-state index in [9.17, 15) is 13.2 Å². The summed E-state index contributed by atoms with van der Waals surface area (Å²) >= 11 is 10.7. The number of rotatable bonds is 3. The molecule has 0 radical (unpaired) electrons. The summed E-state index contributed by atoms with van der Waals surface area (Å²) in [6, 6.07) is 4.46. The predicted molar refractivity (Wildman–Crippen MR) is 69.0 cm³/mol. The van der Waals surface area contributed by atoms with Crippen molar-refractivity contribution < 1.29 is 13.2 Å². The first-order chi connectivity index (χ1) is 8.25. The summed E-state index contributed by atoms with van der Waals surface area (Å²) in [4.78, 5) is 0.153. The Morgan fingerprint density at radius 2 is 2.00 bits per heavy atom. The molecular weight excluding hydrogens is 285 g/mol. The quantitative estimate of drug-likeness (QED) is 0.838. The van der Waals surface area contributed by atoms with Gasteiger partial charge in [-0.3, -0.25) is 0 Å². The van der Waals surface area contributed by atoms with Crippen LogP contribution >= 0.6 is 23.8 Å². The number of nitrogens with two attached hydrogens (primary N) is 1. The summed E-state index contributed by atoms with van der Waals surface area (Å²) in [5.74, 6) is 0. The largest absolute Gasteiger partial charge is 0.411 e. The monoisotopic (exact) mass is 294 g/mol. The van der Waals surface area contributed by atoms with Crippen molar-refractivity contribution in [2.75, 3.05) is 5.32 Å². The van der Waals surface area contributed by atoms with Crippen molar-refractivity contribution >= 4 is 34.5 Å². The molecule has 0 saturated heterocycles. The van der Waals surface area contributed by atoms with Gasteiger partial charge in [0, 0.05) is 5.56 Å². The summed E-state index contributed by atoms with van der Waals surface area (Å²) in [6.07, 6.45) is -4.16. The third kappa shape index (κ3) is 2.40. The van der Waals surface area contributed by atoms with Gasteiger partial charge in [-0.1, -0.05) is 23.8 Å². The van der Waals surface area contributed by atoms with Crippen molar-refractivity contribution in [3.63, 3.8) is 0 Å². The molecule has 1 aliphatic rings. The molecule has 2 nitrogen and oxygen atoms in total. The summed E-state index contributed by atoms with van der Waals surface area (Å²) < 4.78 is 38.3. The number of hydrogen-bond donors (Lipinski definition) is 2. The molecule has 7 heteroatoms. The highest BCUT2D eigenvalue weighted by molar-refractivity contribution is 7.80. The highest BCUT2D eigenvalue weighted by atomic mass is 35.5. The van der Waals surface area contributed by atoms with Gasteiger partial charge in [-0.15, -0.1) is 0 Å². The van der Waals surface area contributed by atoms with Gasteiger partial charge in [-0.25, -0.2) is 0 Å². The smallest absolute Gasteiger partial charge is 0.389 e. The average molecular weight is 295 g/mol. The lowest BCUT2D eigenvalue weighted by molar-refractivity contribution is -0.151. The first-order valence-corrected chi connectivity index (χ1v) is 5.98. The molecule has 18 heavy (non-hydrogen) atoms. The highest BCUT2D eigenvalue weighted by Crippen LogP contribution is 2.51. The molecule has 0 spiro atoms. The van der Waals surface area contributed by atoms with Crippen molar-refractivity contribution in [1.82, 2.24) is 0 Å². The van der Waals surface area contributed by atoms with Gasteiger partial charge in [0.2, 0.25) is 0 Å². The van der Waals surface area contributed by atoms with E-state index < -0.39 is 11.7 Å². The third-order valence-corrected chi connectivity index (χ3v) is 3.47. The van der Waals surface area contributed by atoms with Crippen LogP contribution in [0.15, 0.2) is 18.2 Å². The van der Waals surface area contributed by atoms with Crippen LogP contribution in [0, 0.1) is 0 Å². The molecule has 1 aromatic rings. The van der Waals surface area contributed by atoms with E-state index in [1.807, 2.05) is 0 Å². The van der Waals surface area contributed by atoms with E-state index >= 15 is 0 Å². The average Bonchev–Trinajstić information content (AvgIpc) is 3.01. The van der Waals surface area contributed by atoms with E-state index in [0.717, 1.165) is 0 Å². The molecule has 0 aliphatic heterocycles. The van der Waals surface area contributed by atoms with Crippen LogP contribution in [0.2, 0.25) is 5.02 Å². The molecule has 1 saturated carbocycles. The van der Waals surface area contributed by atoms with Gasteiger partial charge >= 0.3 is 6.18 Å². The Hall–Kier alpha value is -1.01. The Bertz CT molecular complexity index is 498. The summed E-state index contributed by atoms with van der Waals surface area (Å²) in [6.45, 7) is 0. The maximum atomic E-state index is 12.8. The van der Waals surface area contributed by atoms with E-state index in [0.29, 0.717) is 5.56 Å². The van der Waals surface area contributed by atoms with Gasteiger partial charge in [0.05, 0.1) is 10.7 Å². The number of nitrogens with one attached hydrogen (secondary N) is 1. The number of halogens is 4. The third-order valence-electron chi connectivity index (χ3n) is 2.92. The van der Waals surface area contributed by atoms with Crippen LogP contribution in [0.4, 0.5) is 18.9 Å². The first-order valence-electron chi connectivity index (χ1n) is 5.19. The molecule has 0 bridgehead atoms. The lowest BCUT2D eigenvalue weighted by Gasteiger charge is -2.22. The topological polar surface area (TPSA) is 38.0 Å². The number of hydrogen-bond acceptors (Lipinski definition) is 2. The van der Waals surface area contributed by atoms with Crippen LogP contribution in [0.3, 0.4) is 0 Å². The molecule has 3 N–H and O–H groups in total. The van der Waals surface area contributed by atoms with Crippen LogP contribution < -0.4 is 11.1 Å². The Morgan fingerprint density at radius 3 is 2.39 bits per heavy atom. The SMILES string of the molecule is NC(=S)c1ccc(NC2(C(F)(F)F)CC2)c(Cl)c1. The summed E-state index contributed by atoms with van der Waals surface area (Å²) in [5, 5.41) is 2.64. The lowest BCUT2D eigenvalue weighted by Crippen LogP contribution is -2.38. The normalized spacial score (nSPS) is 17.3. The fraction of sp³-hybridized carbons (Fsp3) is 0.364. The van der Waals surface area contributed by atoms with Crippen LogP contribution in [0.25, 0.3) is 0 Å². The second-order valence-corrected chi connectivity index (χ2v) is 5.11. The zero-order chi connectivity index (χ0) is 13.6.